The summed E-state index contributed by atoms with van der Waals surface area (Å²) in [6, 6.07) is 27.7. The van der Waals surface area contributed by atoms with Gasteiger partial charge in [0.05, 0.1) is 30.3 Å². The van der Waals surface area contributed by atoms with Crippen LogP contribution < -0.4 is 16.4 Å². The number of guanidine groups is 1. The Morgan fingerprint density at radius 2 is 1.52 bits per heavy atom. The van der Waals surface area contributed by atoms with Crippen LogP contribution in [0.2, 0.25) is 0 Å². The number of carbonyl (C=O) groups is 4. The SMILES string of the molecule is NC(N)=NCCCC#Cc1ccc2c(c1)C(=O)N(C(CC(=O)OC(=O)C(F)(F)F)c1ccccc1)C(c1ccccc1)C(=O)N2Cc1ccccc1. The van der Waals surface area contributed by atoms with Crippen LogP contribution in [0.5, 0.6) is 0 Å². The predicted molar refractivity (Wildman–Crippen MR) is 187 cm³/mol. The average Bonchev–Trinajstić information content (AvgIpc) is 3.21. The molecular weight excluding hydrogens is 675 g/mol. The van der Waals surface area contributed by atoms with Crippen LogP contribution in [0.1, 0.15) is 64.0 Å². The first-order chi connectivity index (χ1) is 24.9. The second kappa shape index (κ2) is 16.5. The molecule has 52 heavy (non-hydrogen) atoms. The molecule has 10 nitrogen and oxygen atoms in total. The lowest BCUT2D eigenvalue weighted by Crippen LogP contribution is -2.45. The van der Waals surface area contributed by atoms with Gasteiger partial charge >= 0.3 is 18.1 Å². The summed E-state index contributed by atoms with van der Waals surface area (Å²) < 4.78 is 43.5. The summed E-state index contributed by atoms with van der Waals surface area (Å²) in [7, 11) is 0. The smallest absolute Gasteiger partial charge is 0.386 e. The second-order valence-electron chi connectivity index (χ2n) is 11.8. The van der Waals surface area contributed by atoms with Gasteiger partial charge in [0.15, 0.2) is 5.96 Å². The highest BCUT2D eigenvalue weighted by Gasteiger charge is 2.46. The molecule has 0 spiro atoms. The third-order valence-electron chi connectivity index (χ3n) is 8.13. The van der Waals surface area contributed by atoms with Crippen molar-refractivity contribution in [2.45, 2.75) is 44.1 Å². The molecule has 0 fully saturated rings. The van der Waals surface area contributed by atoms with Gasteiger partial charge in [-0.3, -0.25) is 19.4 Å². The number of unbranched alkanes of at least 4 members (excludes halogenated alkanes) is 1. The van der Waals surface area contributed by atoms with Gasteiger partial charge in [-0.05, 0) is 41.3 Å². The number of aliphatic imine (C=N–C) groups is 1. The molecule has 13 heteroatoms. The highest BCUT2D eigenvalue weighted by molar-refractivity contribution is 6.11. The minimum atomic E-state index is -5.43. The van der Waals surface area contributed by atoms with Gasteiger partial charge in [0.25, 0.3) is 11.8 Å². The largest absolute Gasteiger partial charge is 0.491 e. The van der Waals surface area contributed by atoms with Crippen molar-refractivity contribution in [2.75, 3.05) is 11.4 Å². The molecular formula is C39H34F3N5O5. The summed E-state index contributed by atoms with van der Waals surface area (Å²) in [5.41, 5.74) is 13.0. The monoisotopic (exact) mass is 709 g/mol. The summed E-state index contributed by atoms with van der Waals surface area (Å²) in [6.45, 7) is 0.440. The van der Waals surface area contributed by atoms with Crippen molar-refractivity contribution in [1.82, 2.24) is 4.90 Å². The number of benzene rings is 4. The van der Waals surface area contributed by atoms with E-state index < -0.39 is 48.4 Å². The molecule has 0 saturated heterocycles. The number of hydrogen-bond acceptors (Lipinski definition) is 6. The quantitative estimate of drug-likeness (QED) is 0.0545. The van der Waals surface area contributed by atoms with Crippen LogP contribution in [-0.2, 0) is 25.7 Å². The lowest BCUT2D eigenvalue weighted by molar-refractivity contribution is -0.202. The molecule has 0 saturated carbocycles. The van der Waals surface area contributed by atoms with Crippen LogP contribution in [0.25, 0.3) is 0 Å². The molecule has 0 aliphatic carbocycles. The van der Waals surface area contributed by atoms with E-state index in [2.05, 4.69) is 21.6 Å². The number of anilines is 1. The zero-order chi connectivity index (χ0) is 37.3. The Labute approximate surface area is 297 Å². The number of nitrogens with two attached hydrogens (primary N) is 2. The minimum absolute atomic E-state index is 0.0285. The number of alkyl halides is 3. The fraction of sp³-hybridized carbons (Fsp3) is 0.205. The Balaban J connectivity index is 1.67. The Morgan fingerprint density at radius 1 is 0.885 bits per heavy atom. The molecule has 1 aliphatic heterocycles. The summed E-state index contributed by atoms with van der Waals surface area (Å²) >= 11 is 0. The predicted octanol–water partition coefficient (Wildman–Crippen LogP) is 5.59. The lowest BCUT2D eigenvalue weighted by Gasteiger charge is -2.37. The van der Waals surface area contributed by atoms with Crippen LogP contribution >= 0.6 is 0 Å². The van der Waals surface area contributed by atoms with E-state index in [9.17, 15) is 27.6 Å². The van der Waals surface area contributed by atoms with Crippen molar-refractivity contribution in [3.63, 3.8) is 0 Å². The van der Waals surface area contributed by atoms with Gasteiger partial charge in [-0.15, -0.1) is 0 Å². The fourth-order valence-corrected chi connectivity index (χ4v) is 5.80. The fourth-order valence-electron chi connectivity index (χ4n) is 5.80. The molecule has 266 valence electrons. The van der Waals surface area contributed by atoms with Gasteiger partial charge in [-0.2, -0.15) is 13.2 Å². The highest BCUT2D eigenvalue weighted by atomic mass is 19.4. The number of halogens is 3. The Bertz CT molecular complexity index is 2010. The van der Waals surface area contributed by atoms with Gasteiger partial charge in [0, 0.05) is 18.5 Å². The van der Waals surface area contributed by atoms with Crippen LogP contribution in [0.3, 0.4) is 0 Å². The Kier molecular flexibility index (Phi) is 11.7. The second-order valence-corrected chi connectivity index (χ2v) is 11.8. The zero-order valence-electron chi connectivity index (χ0n) is 27.8. The third-order valence-corrected chi connectivity index (χ3v) is 8.13. The summed E-state index contributed by atoms with van der Waals surface area (Å²) in [5, 5.41) is 0. The molecule has 2 amide bonds. The molecule has 2 atom stereocenters. The molecule has 2 unspecified atom stereocenters. The van der Waals surface area contributed by atoms with E-state index >= 15 is 4.79 Å². The van der Waals surface area contributed by atoms with Crippen molar-refractivity contribution in [2.24, 2.45) is 16.5 Å². The van der Waals surface area contributed by atoms with Crippen molar-refractivity contribution in [3.8, 4) is 11.8 Å². The molecule has 5 rings (SSSR count). The first-order valence-corrected chi connectivity index (χ1v) is 16.2. The normalized spacial score (nSPS) is 14.7. The molecule has 1 aliphatic rings. The van der Waals surface area contributed by atoms with E-state index in [0.717, 1.165) is 5.56 Å². The number of rotatable bonds is 10. The standard InChI is InChI=1S/C39H34F3N5O5/c40-39(41,42)37(51)52-33(48)24-32(28-16-8-2-9-17-28)47-34(29-18-10-3-11-19-29)36(50)46(25-27-14-5-1-6-15-27)31-21-20-26(23-30(31)35(47)49)13-7-4-12-22-45-38(43)44/h1-3,5-6,8-11,14-21,23,32,34H,4,12,22,24-25H2,(H4,43,44,45). The molecule has 0 bridgehead atoms. The molecule has 0 aromatic heterocycles. The van der Waals surface area contributed by atoms with Crippen LogP contribution in [-0.4, -0.2) is 47.3 Å². The van der Waals surface area contributed by atoms with Gasteiger partial charge in [-0.25, -0.2) is 4.79 Å². The first kappa shape index (κ1) is 36.9. The third kappa shape index (κ3) is 9.02. The van der Waals surface area contributed by atoms with Crippen molar-refractivity contribution >= 4 is 35.4 Å². The number of carbonyl (C=O) groups excluding carboxylic acids is 4. The lowest BCUT2D eigenvalue weighted by atomic mass is 9.95. The number of amides is 2. The minimum Gasteiger partial charge on any atom is -0.386 e. The zero-order valence-corrected chi connectivity index (χ0v) is 27.8. The number of fused-ring (bicyclic) bond motifs is 1. The van der Waals surface area contributed by atoms with Gasteiger partial charge in [0.2, 0.25) is 0 Å². The average molecular weight is 710 g/mol. The van der Waals surface area contributed by atoms with E-state index in [0.29, 0.717) is 36.1 Å². The topological polar surface area (TPSA) is 148 Å². The summed E-state index contributed by atoms with van der Waals surface area (Å²) in [4.78, 5) is 61.3. The number of hydrogen-bond donors (Lipinski definition) is 2. The Morgan fingerprint density at radius 3 is 2.15 bits per heavy atom. The number of nitrogens with zero attached hydrogens (tertiary/aromatic N) is 3. The maximum absolute atomic E-state index is 15.0. The molecule has 4 N–H and O–H groups in total. The van der Waals surface area contributed by atoms with Gasteiger partial charge in [0.1, 0.15) is 6.04 Å². The number of esters is 2. The van der Waals surface area contributed by atoms with Crippen LogP contribution in [0, 0.1) is 11.8 Å². The summed E-state index contributed by atoms with van der Waals surface area (Å²) in [5.74, 6) is 0.570. The number of ether oxygens (including phenoxy) is 1. The van der Waals surface area contributed by atoms with E-state index in [4.69, 9.17) is 11.5 Å². The van der Waals surface area contributed by atoms with E-state index in [1.54, 1.807) is 78.9 Å². The Hall–Kier alpha value is -6.42. The van der Waals surface area contributed by atoms with Crippen molar-refractivity contribution < 1.29 is 37.1 Å². The van der Waals surface area contributed by atoms with E-state index in [1.165, 1.54) is 9.80 Å². The van der Waals surface area contributed by atoms with Gasteiger partial charge in [-0.1, -0.05) is 103 Å². The van der Waals surface area contributed by atoms with Crippen LogP contribution in [0.4, 0.5) is 18.9 Å². The van der Waals surface area contributed by atoms with E-state index in [1.807, 2.05) is 30.3 Å². The van der Waals surface area contributed by atoms with E-state index in [-0.39, 0.29) is 23.8 Å². The molecule has 1 heterocycles. The maximum atomic E-state index is 15.0. The van der Waals surface area contributed by atoms with Crippen molar-refractivity contribution in [1.29, 1.82) is 0 Å². The first-order valence-electron chi connectivity index (χ1n) is 16.2. The molecule has 4 aromatic carbocycles. The van der Waals surface area contributed by atoms with Crippen molar-refractivity contribution in [3.05, 3.63) is 137 Å². The molecule has 4 aromatic rings. The van der Waals surface area contributed by atoms with Gasteiger partial charge < -0.3 is 26.0 Å². The highest BCUT2D eigenvalue weighted by Crippen LogP contribution is 2.42. The molecule has 0 radical (unpaired) electrons. The van der Waals surface area contributed by atoms with Crippen LogP contribution in [0.15, 0.2) is 114 Å². The maximum Gasteiger partial charge on any atom is 0.491 e. The summed E-state index contributed by atoms with van der Waals surface area (Å²) in [6.07, 6.45) is -5.29.